The number of rotatable bonds is 4. The molecule has 5 nitrogen and oxygen atoms in total. The third-order valence-electron chi connectivity index (χ3n) is 4.39. The number of hydrogen-bond donors (Lipinski definition) is 1. The van der Waals surface area contributed by atoms with Crippen molar-refractivity contribution < 1.29 is 9.90 Å². The summed E-state index contributed by atoms with van der Waals surface area (Å²) >= 11 is 6.38. The number of hydrogen-bond acceptors (Lipinski definition) is 3. The summed E-state index contributed by atoms with van der Waals surface area (Å²) in [6, 6.07) is 14.9. The Morgan fingerprint density at radius 1 is 1.19 bits per heavy atom. The van der Waals surface area contributed by atoms with E-state index in [1.165, 1.54) is 0 Å². The molecule has 0 fully saturated rings. The first kappa shape index (κ1) is 17.2. The number of carbonyl (C=O) groups is 1. The minimum absolute atomic E-state index is 0.200. The second-order valence-electron chi connectivity index (χ2n) is 6.39. The fourth-order valence-electron chi connectivity index (χ4n) is 3.10. The van der Waals surface area contributed by atoms with Crippen LogP contribution in [0.1, 0.15) is 21.6 Å². The number of aromatic nitrogens is 3. The lowest BCUT2D eigenvalue weighted by molar-refractivity contribution is 0.0699. The van der Waals surface area contributed by atoms with E-state index in [-0.39, 0.29) is 5.56 Å². The first-order valence-corrected chi connectivity index (χ1v) is 8.80. The molecule has 2 aromatic heterocycles. The summed E-state index contributed by atoms with van der Waals surface area (Å²) in [6.45, 7) is 2.43. The molecule has 0 radical (unpaired) electrons. The molecule has 0 unspecified atom stereocenters. The fraction of sp³-hybridized carbons (Fsp3) is 0.0952. The predicted molar refractivity (Wildman–Crippen MR) is 105 cm³/mol. The minimum Gasteiger partial charge on any atom is -0.478 e. The lowest BCUT2D eigenvalue weighted by atomic mass is 9.99. The first-order chi connectivity index (χ1) is 13.0. The van der Waals surface area contributed by atoms with E-state index in [1.54, 1.807) is 23.1 Å². The van der Waals surface area contributed by atoms with Crippen LogP contribution in [-0.4, -0.2) is 25.8 Å². The minimum atomic E-state index is -0.998. The molecule has 0 aliphatic rings. The van der Waals surface area contributed by atoms with Crippen molar-refractivity contribution >= 4 is 28.5 Å². The first-order valence-electron chi connectivity index (χ1n) is 8.42. The lowest BCUT2D eigenvalue weighted by Crippen LogP contribution is -2.01. The lowest BCUT2D eigenvalue weighted by Gasteiger charge is -2.07. The van der Waals surface area contributed by atoms with Crippen molar-refractivity contribution in [3.8, 4) is 11.1 Å². The monoisotopic (exact) mass is 377 g/mol. The van der Waals surface area contributed by atoms with Gasteiger partial charge < -0.3 is 5.11 Å². The smallest absolute Gasteiger partial charge is 0.336 e. The van der Waals surface area contributed by atoms with Gasteiger partial charge in [0.25, 0.3) is 0 Å². The average molecular weight is 378 g/mol. The summed E-state index contributed by atoms with van der Waals surface area (Å²) in [7, 11) is 0. The van der Waals surface area contributed by atoms with E-state index in [0.717, 1.165) is 22.4 Å². The molecule has 4 rings (SSSR count). The van der Waals surface area contributed by atoms with Gasteiger partial charge in [-0.1, -0.05) is 29.8 Å². The Labute approximate surface area is 160 Å². The maximum Gasteiger partial charge on any atom is 0.336 e. The number of benzene rings is 2. The van der Waals surface area contributed by atoms with Gasteiger partial charge >= 0.3 is 5.97 Å². The largest absolute Gasteiger partial charge is 0.478 e. The van der Waals surface area contributed by atoms with Crippen molar-refractivity contribution in [2.75, 3.05) is 0 Å². The summed E-state index contributed by atoms with van der Waals surface area (Å²) in [6.07, 6.45) is 3.46. The van der Waals surface area contributed by atoms with Crippen molar-refractivity contribution in [2.24, 2.45) is 0 Å². The van der Waals surface area contributed by atoms with Crippen LogP contribution in [0.15, 0.2) is 60.9 Å². The third kappa shape index (κ3) is 3.41. The molecule has 27 heavy (non-hydrogen) atoms. The molecule has 0 aliphatic carbocycles. The Bertz CT molecular complexity index is 1150. The molecule has 0 saturated heterocycles. The van der Waals surface area contributed by atoms with Crippen molar-refractivity contribution in [1.29, 1.82) is 0 Å². The zero-order valence-electron chi connectivity index (χ0n) is 14.6. The van der Waals surface area contributed by atoms with Gasteiger partial charge in [0, 0.05) is 28.4 Å². The molecule has 0 bridgehead atoms. The number of carboxylic acid groups (broad SMARTS) is 1. The Hall–Kier alpha value is -3.18. The van der Waals surface area contributed by atoms with Crippen LogP contribution >= 0.6 is 11.6 Å². The van der Waals surface area contributed by atoms with Gasteiger partial charge in [0.15, 0.2) is 0 Å². The predicted octanol–water partition coefficient (Wildman–Crippen LogP) is 4.81. The zero-order chi connectivity index (χ0) is 19.0. The molecular weight excluding hydrogens is 362 g/mol. The van der Waals surface area contributed by atoms with Crippen LogP contribution in [-0.2, 0) is 6.54 Å². The van der Waals surface area contributed by atoms with Gasteiger partial charge in [-0.2, -0.15) is 5.10 Å². The van der Waals surface area contributed by atoms with E-state index >= 15 is 0 Å². The number of fused-ring (bicyclic) bond motifs is 1. The van der Waals surface area contributed by atoms with E-state index in [0.29, 0.717) is 22.5 Å². The summed E-state index contributed by atoms with van der Waals surface area (Å²) < 4.78 is 1.71. The summed E-state index contributed by atoms with van der Waals surface area (Å²) in [4.78, 5) is 16.1. The second-order valence-corrected chi connectivity index (χ2v) is 6.80. The van der Waals surface area contributed by atoms with Crippen LogP contribution in [0, 0.1) is 6.92 Å². The molecular formula is C21H16ClN3O2. The van der Waals surface area contributed by atoms with Gasteiger partial charge in [0.05, 0.1) is 23.3 Å². The molecule has 4 aromatic rings. The van der Waals surface area contributed by atoms with Crippen molar-refractivity contribution in [2.45, 2.75) is 13.5 Å². The molecule has 2 heterocycles. The number of pyridine rings is 1. The van der Waals surface area contributed by atoms with Crippen LogP contribution < -0.4 is 0 Å². The van der Waals surface area contributed by atoms with Crippen LogP contribution in [0.2, 0.25) is 5.02 Å². The van der Waals surface area contributed by atoms with Gasteiger partial charge in [-0.3, -0.25) is 9.67 Å². The topological polar surface area (TPSA) is 68.0 Å². The number of nitrogens with zero attached hydrogens (tertiary/aromatic N) is 3. The van der Waals surface area contributed by atoms with Gasteiger partial charge in [-0.05, 0) is 48.4 Å². The zero-order valence-corrected chi connectivity index (χ0v) is 15.3. The summed E-state index contributed by atoms with van der Waals surface area (Å²) in [5.74, 6) is -0.998. The van der Waals surface area contributed by atoms with Crippen LogP contribution in [0.4, 0.5) is 0 Å². The van der Waals surface area contributed by atoms with Crippen LogP contribution in [0.25, 0.3) is 22.0 Å². The maximum absolute atomic E-state index is 11.8. The van der Waals surface area contributed by atoms with Crippen molar-refractivity contribution in [3.63, 3.8) is 0 Å². The standard InChI is InChI=1S/C21H16ClN3O2/c1-13-5-6-16(19(22)8-13)14-9-17(21(26)27)18-12-25(24-20(18)10-14)11-15-4-2-3-7-23-15/h2-10,12H,11H2,1H3,(H,26,27). The van der Waals surface area contributed by atoms with E-state index in [4.69, 9.17) is 11.6 Å². The highest BCUT2D eigenvalue weighted by atomic mass is 35.5. The highest BCUT2D eigenvalue weighted by molar-refractivity contribution is 6.33. The van der Waals surface area contributed by atoms with Gasteiger partial charge in [0.2, 0.25) is 0 Å². The van der Waals surface area contributed by atoms with Crippen molar-refractivity contribution in [1.82, 2.24) is 14.8 Å². The molecule has 0 spiro atoms. The van der Waals surface area contributed by atoms with Gasteiger partial charge in [-0.25, -0.2) is 4.79 Å². The highest BCUT2D eigenvalue weighted by Crippen LogP contribution is 2.32. The Balaban J connectivity index is 1.84. The SMILES string of the molecule is Cc1ccc(-c2cc(C(=O)O)c3cn(Cc4ccccn4)nc3c2)c(Cl)c1. The molecule has 134 valence electrons. The Morgan fingerprint density at radius 3 is 2.74 bits per heavy atom. The average Bonchev–Trinajstić information content (AvgIpc) is 3.03. The van der Waals surface area contributed by atoms with Crippen LogP contribution in [0.3, 0.4) is 0 Å². The van der Waals surface area contributed by atoms with E-state index in [9.17, 15) is 9.90 Å². The van der Waals surface area contributed by atoms with E-state index in [1.807, 2.05) is 49.4 Å². The van der Waals surface area contributed by atoms with Crippen LogP contribution in [0.5, 0.6) is 0 Å². The van der Waals surface area contributed by atoms with Gasteiger partial charge in [0.1, 0.15) is 0 Å². The molecule has 0 saturated carbocycles. The van der Waals surface area contributed by atoms with Crippen molar-refractivity contribution in [3.05, 3.63) is 82.8 Å². The number of aryl methyl sites for hydroxylation is 1. The quantitative estimate of drug-likeness (QED) is 0.554. The molecule has 1 N–H and O–H groups in total. The Morgan fingerprint density at radius 2 is 2.04 bits per heavy atom. The maximum atomic E-state index is 11.8. The molecule has 0 aliphatic heterocycles. The normalized spacial score (nSPS) is 11.0. The molecule has 6 heteroatoms. The third-order valence-corrected chi connectivity index (χ3v) is 4.70. The summed E-state index contributed by atoms with van der Waals surface area (Å²) in [5.41, 5.74) is 4.22. The molecule has 2 aromatic carbocycles. The molecule has 0 atom stereocenters. The van der Waals surface area contributed by atoms with E-state index < -0.39 is 5.97 Å². The Kier molecular flexibility index (Phi) is 4.38. The van der Waals surface area contributed by atoms with E-state index in [2.05, 4.69) is 10.1 Å². The van der Waals surface area contributed by atoms with Gasteiger partial charge in [-0.15, -0.1) is 0 Å². The highest BCUT2D eigenvalue weighted by Gasteiger charge is 2.16. The number of carboxylic acids is 1. The number of aromatic carboxylic acids is 1. The number of halogens is 1. The summed E-state index contributed by atoms with van der Waals surface area (Å²) in [5, 5.41) is 15.4. The molecule has 0 amide bonds. The fourth-order valence-corrected chi connectivity index (χ4v) is 3.44. The second kappa shape index (κ2) is 6.85.